The van der Waals surface area contributed by atoms with Gasteiger partial charge in [-0.25, -0.2) is 0 Å². The van der Waals surface area contributed by atoms with E-state index in [0.717, 1.165) is 11.3 Å². The second-order valence-electron chi connectivity index (χ2n) is 2.43. The summed E-state index contributed by atoms with van der Waals surface area (Å²) in [6.07, 6.45) is 1.66. The standard InChI is InChI=1S/C10H13NO2/c1-3-13-11-8-9-5-4-6-10(7-9)12-2/h4-8H,3H2,1-2H3. The molecule has 0 bridgehead atoms. The smallest absolute Gasteiger partial charge is 0.119 e. The fraction of sp³-hybridized carbons (Fsp3) is 0.300. The van der Waals surface area contributed by atoms with E-state index in [1.807, 2.05) is 31.2 Å². The zero-order chi connectivity index (χ0) is 9.52. The van der Waals surface area contributed by atoms with Gasteiger partial charge in [0.15, 0.2) is 0 Å². The number of hydrogen-bond donors (Lipinski definition) is 0. The van der Waals surface area contributed by atoms with Crippen molar-refractivity contribution in [2.24, 2.45) is 5.16 Å². The van der Waals surface area contributed by atoms with Crippen LogP contribution in [0.2, 0.25) is 0 Å². The monoisotopic (exact) mass is 179 g/mol. The third kappa shape index (κ3) is 3.15. The van der Waals surface area contributed by atoms with Gasteiger partial charge >= 0.3 is 0 Å². The first-order valence-corrected chi connectivity index (χ1v) is 4.16. The number of hydrogen-bond acceptors (Lipinski definition) is 3. The normalized spacial score (nSPS) is 10.3. The largest absolute Gasteiger partial charge is 0.497 e. The maximum absolute atomic E-state index is 5.06. The molecule has 0 saturated carbocycles. The molecule has 0 aliphatic rings. The number of benzene rings is 1. The lowest BCUT2D eigenvalue weighted by Crippen LogP contribution is -1.87. The molecule has 0 unspecified atom stereocenters. The molecule has 0 aliphatic carbocycles. The first-order valence-electron chi connectivity index (χ1n) is 4.16. The number of rotatable bonds is 4. The van der Waals surface area contributed by atoms with Crippen LogP contribution in [0.15, 0.2) is 29.4 Å². The molecule has 0 aliphatic heterocycles. The molecule has 0 amide bonds. The van der Waals surface area contributed by atoms with Gasteiger partial charge < -0.3 is 9.57 Å². The fourth-order valence-electron chi connectivity index (χ4n) is 0.894. The average molecular weight is 179 g/mol. The van der Waals surface area contributed by atoms with Gasteiger partial charge in [0.1, 0.15) is 12.4 Å². The molecule has 1 aromatic rings. The van der Waals surface area contributed by atoms with Gasteiger partial charge in [-0.15, -0.1) is 0 Å². The van der Waals surface area contributed by atoms with E-state index in [9.17, 15) is 0 Å². The maximum Gasteiger partial charge on any atom is 0.119 e. The molecule has 1 rings (SSSR count). The topological polar surface area (TPSA) is 30.8 Å². The van der Waals surface area contributed by atoms with Crippen molar-refractivity contribution in [2.45, 2.75) is 6.92 Å². The van der Waals surface area contributed by atoms with E-state index in [1.54, 1.807) is 13.3 Å². The van der Waals surface area contributed by atoms with Crippen LogP contribution >= 0.6 is 0 Å². The second kappa shape index (κ2) is 5.19. The van der Waals surface area contributed by atoms with Gasteiger partial charge in [-0.3, -0.25) is 0 Å². The van der Waals surface area contributed by atoms with Gasteiger partial charge in [0.2, 0.25) is 0 Å². The Hall–Kier alpha value is -1.51. The van der Waals surface area contributed by atoms with Crippen molar-refractivity contribution in [3.8, 4) is 5.75 Å². The molecular formula is C10H13NO2. The summed E-state index contributed by atoms with van der Waals surface area (Å²) >= 11 is 0. The summed E-state index contributed by atoms with van der Waals surface area (Å²) in [5.41, 5.74) is 0.966. The minimum Gasteiger partial charge on any atom is -0.497 e. The van der Waals surface area contributed by atoms with Gasteiger partial charge in [0.05, 0.1) is 13.3 Å². The molecule has 0 atom stereocenters. The highest BCUT2D eigenvalue weighted by molar-refractivity contribution is 5.79. The quantitative estimate of drug-likeness (QED) is 0.523. The summed E-state index contributed by atoms with van der Waals surface area (Å²) in [6.45, 7) is 2.48. The third-order valence-electron chi connectivity index (χ3n) is 1.50. The van der Waals surface area contributed by atoms with E-state index in [0.29, 0.717) is 6.61 Å². The predicted octanol–water partition coefficient (Wildman–Crippen LogP) is 2.07. The third-order valence-corrected chi connectivity index (χ3v) is 1.50. The Balaban J connectivity index is 2.66. The van der Waals surface area contributed by atoms with Crippen LogP contribution in [0.4, 0.5) is 0 Å². The van der Waals surface area contributed by atoms with Crippen molar-refractivity contribution >= 4 is 6.21 Å². The Bertz CT molecular complexity index is 284. The molecule has 0 fully saturated rings. The highest BCUT2D eigenvalue weighted by atomic mass is 16.6. The first-order chi connectivity index (χ1) is 6.36. The molecule has 0 N–H and O–H groups in total. The van der Waals surface area contributed by atoms with Crippen molar-refractivity contribution in [3.63, 3.8) is 0 Å². The molecule has 1 aromatic carbocycles. The van der Waals surface area contributed by atoms with Crippen LogP contribution in [-0.4, -0.2) is 19.9 Å². The molecule has 0 saturated heterocycles. The van der Waals surface area contributed by atoms with Crippen LogP contribution in [0.25, 0.3) is 0 Å². The van der Waals surface area contributed by atoms with Gasteiger partial charge in [0, 0.05) is 0 Å². The van der Waals surface area contributed by atoms with Crippen molar-refractivity contribution in [3.05, 3.63) is 29.8 Å². The second-order valence-corrected chi connectivity index (χ2v) is 2.43. The van der Waals surface area contributed by atoms with Crippen LogP contribution in [-0.2, 0) is 4.84 Å². The predicted molar refractivity (Wildman–Crippen MR) is 52.2 cm³/mol. The molecule has 70 valence electrons. The Labute approximate surface area is 78.0 Å². The Morgan fingerprint density at radius 3 is 3.00 bits per heavy atom. The zero-order valence-electron chi connectivity index (χ0n) is 7.86. The number of ether oxygens (including phenoxy) is 1. The van der Waals surface area contributed by atoms with Crippen LogP contribution < -0.4 is 4.74 Å². The van der Waals surface area contributed by atoms with Crippen LogP contribution in [0, 0.1) is 0 Å². The lowest BCUT2D eigenvalue weighted by Gasteiger charge is -1.99. The Kier molecular flexibility index (Phi) is 3.82. The van der Waals surface area contributed by atoms with E-state index in [2.05, 4.69) is 5.16 Å². The average Bonchev–Trinajstić information content (AvgIpc) is 2.19. The van der Waals surface area contributed by atoms with Gasteiger partial charge in [0.25, 0.3) is 0 Å². The molecule has 0 spiro atoms. The molecule has 0 heterocycles. The fourth-order valence-corrected chi connectivity index (χ4v) is 0.894. The summed E-state index contributed by atoms with van der Waals surface area (Å²) in [5, 5.41) is 3.75. The first kappa shape index (κ1) is 9.58. The van der Waals surface area contributed by atoms with Crippen molar-refractivity contribution in [1.82, 2.24) is 0 Å². The molecular weight excluding hydrogens is 166 g/mol. The Morgan fingerprint density at radius 1 is 1.46 bits per heavy atom. The van der Waals surface area contributed by atoms with Gasteiger partial charge in [-0.1, -0.05) is 17.3 Å². The van der Waals surface area contributed by atoms with E-state index >= 15 is 0 Å². The summed E-state index contributed by atoms with van der Waals surface area (Å²) < 4.78 is 5.06. The minimum atomic E-state index is 0.584. The SMILES string of the molecule is CCON=Cc1cccc(OC)c1. The van der Waals surface area contributed by atoms with Crippen LogP contribution in [0.3, 0.4) is 0 Å². The van der Waals surface area contributed by atoms with Crippen LogP contribution in [0.5, 0.6) is 5.75 Å². The van der Waals surface area contributed by atoms with E-state index in [4.69, 9.17) is 9.57 Å². The molecule has 0 radical (unpaired) electrons. The highest BCUT2D eigenvalue weighted by Gasteiger charge is 1.91. The molecule has 13 heavy (non-hydrogen) atoms. The van der Waals surface area contributed by atoms with E-state index < -0.39 is 0 Å². The lowest BCUT2D eigenvalue weighted by molar-refractivity contribution is 0.160. The lowest BCUT2D eigenvalue weighted by atomic mass is 10.2. The van der Waals surface area contributed by atoms with Gasteiger partial charge in [-0.2, -0.15) is 0 Å². The van der Waals surface area contributed by atoms with Crippen molar-refractivity contribution < 1.29 is 9.57 Å². The summed E-state index contributed by atoms with van der Waals surface area (Å²) in [5.74, 6) is 0.820. The van der Waals surface area contributed by atoms with Crippen LogP contribution in [0.1, 0.15) is 12.5 Å². The highest BCUT2D eigenvalue weighted by Crippen LogP contribution is 2.10. The molecule has 3 nitrogen and oxygen atoms in total. The number of nitrogens with zero attached hydrogens (tertiary/aromatic N) is 1. The summed E-state index contributed by atoms with van der Waals surface area (Å²) in [6, 6.07) is 7.62. The van der Waals surface area contributed by atoms with Gasteiger partial charge in [-0.05, 0) is 24.6 Å². The summed E-state index contributed by atoms with van der Waals surface area (Å²) in [4.78, 5) is 4.84. The minimum absolute atomic E-state index is 0.584. The Morgan fingerprint density at radius 2 is 2.31 bits per heavy atom. The number of oxime groups is 1. The molecule has 0 aromatic heterocycles. The van der Waals surface area contributed by atoms with E-state index in [-0.39, 0.29) is 0 Å². The maximum atomic E-state index is 5.06. The zero-order valence-corrected chi connectivity index (χ0v) is 7.86. The molecule has 3 heteroatoms. The summed E-state index contributed by atoms with van der Waals surface area (Å²) in [7, 11) is 1.64. The number of methoxy groups -OCH3 is 1. The van der Waals surface area contributed by atoms with E-state index in [1.165, 1.54) is 0 Å². The van der Waals surface area contributed by atoms with Crippen molar-refractivity contribution in [1.29, 1.82) is 0 Å². The van der Waals surface area contributed by atoms with Crippen molar-refractivity contribution in [2.75, 3.05) is 13.7 Å².